The highest BCUT2D eigenvalue weighted by molar-refractivity contribution is 5.95. The topological polar surface area (TPSA) is 46.9 Å². The van der Waals surface area contributed by atoms with Gasteiger partial charge in [-0.25, -0.2) is 0 Å². The molecule has 112 valence electrons. The largest absolute Gasteiger partial charge is 0.435 e. The second kappa shape index (κ2) is 5.46. The SMILES string of the molecule is CC1CCCCC1NC(=O)c1cn(C)nc1C(F)(F)F. The molecule has 2 atom stereocenters. The van der Waals surface area contributed by atoms with Crippen LogP contribution in [0.3, 0.4) is 0 Å². The van der Waals surface area contributed by atoms with Gasteiger partial charge < -0.3 is 5.32 Å². The molecule has 20 heavy (non-hydrogen) atoms. The molecule has 1 aromatic rings. The fourth-order valence-corrected chi connectivity index (χ4v) is 2.64. The lowest BCUT2D eigenvalue weighted by atomic mass is 9.86. The van der Waals surface area contributed by atoms with Gasteiger partial charge in [-0.2, -0.15) is 18.3 Å². The van der Waals surface area contributed by atoms with Crippen LogP contribution in [0.5, 0.6) is 0 Å². The van der Waals surface area contributed by atoms with E-state index in [0.29, 0.717) is 5.92 Å². The van der Waals surface area contributed by atoms with Crippen molar-refractivity contribution in [1.29, 1.82) is 0 Å². The number of aromatic nitrogens is 2. The van der Waals surface area contributed by atoms with Crippen LogP contribution in [0, 0.1) is 5.92 Å². The Bertz CT molecular complexity index is 496. The predicted octanol–water partition coefficient (Wildman–Crippen LogP) is 2.75. The van der Waals surface area contributed by atoms with Crippen LogP contribution in [0.4, 0.5) is 13.2 Å². The van der Waals surface area contributed by atoms with E-state index in [-0.39, 0.29) is 6.04 Å². The lowest BCUT2D eigenvalue weighted by molar-refractivity contribution is -0.141. The third kappa shape index (κ3) is 3.13. The molecule has 4 nitrogen and oxygen atoms in total. The van der Waals surface area contributed by atoms with Gasteiger partial charge in [0.15, 0.2) is 5.69 Å². The summed E-state index contributed by atoms with van der Waals surface area (Å²) in [5, 5.41) is 6.06. The van der Waals surface area contributed by atoms with Gasteiger partial charge in [-0.15, -0.1) is 0 Å². The van der Waals surface area contributed by atoms with E-state index in [1.54, 1.807) is 0 Å². The van der Waals surface area contributed by atoms with Crippen LogP contribution in [-0.2, 0) is 13.2 Å². The van der Waals surface area contributed by atoms with E-state index in [1.165, 1.54) is 7.05 Å². The van der Waals surface area contributed by atoms with Crippen molar-refractivity contribution in [1.82, 2.24) is 15.1 Å². The van der Waals surface area contributed by atoms with Crippen molar-refractivity contribution in [2.24, 2.45) is 13.0 Å². The van der Waals surface area contributed by atoms with Crippen molar-refractivity contribution < 1.29 is 18.0 Å². The first-order valence-electron chi connectivity index (χ1n) is 6.70. The van der Waals surface area contributed by atoms with Crippen molar-refractivity contribution in [3.8, 4) is 0 Å². The first-order valence-corrected chi connectivity index (χ1v) is 6.70. The maximum Gasteiger partial charge on any atom is 0.435 e. The summed E-state index contributed by atoms with van der Waals surface area (Å²) in [5.74, 6) is -0.400. The number of aryl methyl sites for hydroxylation is 1. The summed E-state index contributed by atoms with van der Waals surface area (Å²) in [5.41, 5.74) is -1.53. The summed E-state index contributed by atoms with van der Waals surface area (Å²) in [4.78, 5) is 12.1. The Morgan fingerprint density at radius 2 is 2.05 bits per heavy atom. The highest BCUT2D eigenvalue weighted by Gasteiger charge is 2.39. The van der Waals surface area contributed by atoms with Crippen LogP contribution < -0.4 is 5.32 Å². The van der Waals surface area contributed by atoms with E-state index in [1.807, 2.05) is 6.92 Å². The van der Waals surface area contributed by atoms with Gasteiger partial charge >= 0.3 is 6.18 Å². The van der Waals surface area contributed by atoms with Gasteiger partial charge in [0.25, 0.3) is 5.91 Å². The van der Waals surface area contributed by atoms with E-state index >= 15 is 0 Å². The first kappa shape index (κ1) is 14.9. The summed E-state index contributed by atoms with van der Waals surface area (Å²) >= 11 is 0. The lowest BCUT2D eigenvalue weighted by Gasteiger charge is -2.29. The van der Waals surface area contributed by atoms with Crippen LogP contribution in [-0.4, -0.2) is 21.7 Å². The first-order chi connectivity index (χ1) is 9.29. The number of hydrogen-bond donors (Lipinski definition) is 1. The summed E-state index contributed by atoms with van der Waals surface area (Å²) in [6, 6.07) is -0.0578. The molecule has 0 radical (unpaired) electrons. The minimum atomic E-state index is -4.62. The Morgan fingerprint density at radius 1 is 1.40 bits per heavy atom. The van der Waals surface area contributed by atoms with E-state index in [2.05, 4.69) is 10.4 Å². The van der Waals surface area contributed by atoms with Gasteiger partial charge in [-0.05, 0) is 18.8 Å². The van der Waals surface area contributed by atoms with Gasteiger partial charge in [0.2, 0.25) is 0 Å². The molecule has 1 N–H and O–H groups in total. The quantitative estimate of drug-likeness (QED) is 0.910. The fourth-order valence-electron chi connectivity index (χ4n) is 2.64. The normalized spacial score (nSPS) is 23.6. The number of carbonyl (C=O) groups is 1. The second-order valence-electron chi connectivity index (χ2n) is 5.40. The summed E-state index contributed by atoms with van der Waals surface area (Å²) < 4.78 is 39.5. The summed E-state index contributed by atoms with van der Waals surface area (Å²) in [6.45, 7) is 2.01. The number of halogens is 3. The molecule has 2 unspecified atom stereocenters. The van der Waals surface area contributed by atoms with Crippen LogP contribution in [0.25, 0.3) is 0 Å². The van der Waals surface area contributed by atoms with Gasteiger partial charge in [0.05, 0.1) is 5.56 Å². The zero-order valence-corrected chi connectivity index (χ0v) is 11.5. The monoisotopic (exact) mass is 289 g/mol. The molecule has 0 aromatic carbocycles. The van der Waals surface area contributed by atoms with Crippen LogP contribution in [0.1, 0.15) is 48.7 Å². The lowest BCUT2D eigenvalue weighted by Crippen LogP contribution is -2.41. The molecule has 0 spiro atoms. The summed E-state index contributed by atoms with van der Waals surface area (Å²) in [7, 11) is 1.37. The van der Waals surface area contributed by atoms with Gasteiger partial charge in [-0.1, -0.05) is 19.8 Å². The van der Waals surface area contributed by atoms with Crippen molar-refractivity contribution in [3.05, 3.63) is 17.5 Å². The third-order valence-electron chi connectivity index (χ3n) is 3.77. The van der Waals surface area contributed by atoms with E-state index < -0.39 is 23.3 Å². The summed E-state index contributed by atoms with van der Waals surface area (Å²) in [6.07, 6.45) is 0.402. The number of nitrogens with one attached hydrogen (secondary N) is 1. The van der Waals surface area contributed by atoms with E-state index in [9.17, 15) is 18.0 Å². The van der Waals surface area contributed by atoms with Crippen molar-refractivity contribution in [3.63, 3.8) is 0 Å². The molecule has 0 bridgehead atoms. The molecule has 1 saturated carbocycles. The minimum Gasteiger partial charge on any atom is -0.349 e. The molecule has 1 heterocycles. The predicted molar refractivity (Wildman–Crippen MR) is 67.1 cm³/mol. The fraction of sp³-hybridized carbons (Fsp3) is 0.692. The Hall–Kier alpha value is -1.53. The Labute approximate surface area is 115 Å². The number of hydrogen-bond acceptors (Lipinski definition) is 2. The number of amides is 1. The molecule has 1 amide bonds. The molecule has 0 saturated heterocycles. The average molecular weight is 289 g/mol. The molecular weight excluding hydrogens is 271 g/mol. The smallest absolute Gasteiger partial charge is 0.349 e. The molecule has 1 fully saturated rings. The van der Waals surface area contributed by atoms with Gasteiger partial charge in [0, 0.05) is 19.3 Å². The number of rotatable bonds is 2. The van der Waals surface area contributed by atoms with Crippen molar-refractivity contribution in [2.75, 3.05) is 0 Å². The maximum absolute atomic E-state index is 12.8. The molecule has 1 aromatic heterocycles. The Morgan fingerprint density at radius 3 is 2.65 bits per heavy atom. The zero-order chi connectivity index (χ0) is 14.9. The Balaban J connectivity index is 2.17. The highest BCUT2D eigenvalue weighted by Crippen LogP contribution is 2.31. The molecule has 1 aliphatic carbocycles. The minimum absolute atomic E-state index is 0.0578. The van der Waals surface area contributed by atoms with E-state index in [4.69, 9.17) is 0 Å². The number of alkyl halides is 3. The number of nitrogens with zero attached hydrogens (tertiary/aromatic N) is 2. The van der Waals surface area contributed by atoms with Crippen molar-refractivity contribution in [2.45, 2.75) is 44.8 Å². The number of carbonyl (C=O) groups excluding carboxylic acids is 1. The molecule has 7 heteroatoms. The van der Waals surface area contributed by atoms with Gasteiger partial charge in [0.1, 0.15) is 0 Å². The van der Waals surface area contributed by atoms with Crippen LogP contribution in [0.15, 0.2) is 6.20 Å². The van der Waals surface area contributed by atoms with Crippen LogP contribution >= 0.6 is 0 Å². The third-order valence-corrected chi connectivity index (χ3v) is 3.77. The maximum atomic E-state index is 12.8. The second-order valence-corrected chi connectivity index (χ2v) is 5.40. The molecule has 1 aliphatic rings. The molecule has 0 aliphatic heterocycles. The standard InChI is InChI=1S/C13H18F3N3O/c1-8-5-3-4-6-10(8)17-12(20)9-7-19(2)18-11(9)13(14,15)16/h7-8,10H,3-6H2,1-2H3,(H,17,20). The highest BCUT2D eigenvalue weighted by atomic mass is 19.4. The zero-order valence-electron chi connectivity index (χ0n) is 11.5. The Kier molecular flexibility index (Phi) is 4.06. The average Bonchev–Trinajstić information content (AvgIpc) is 2.74. The molecule has 2 rings (SSSR count). The van der Waals surface area contributed by atoms with Crippen molar-refractivity contribution >= 4 is 5.91 Å². The molecular formula is C13H18F3N3O. The van der Waals surface area contributed by atoms with Gasteiger partial charge in [-0.3, -0.25) is 9.48 Å². The van der Waals surface area contributed by atoms with E-state index in [0.717, 1.165) is 36.6 Å². The van der Waals surface area contributed by atoms with Crippen LogP contribution in [0.2, 0.25) is 0 Å².